The average molecular weight is 310 g/mol. The molecule has 1 rings (SSSR count). The van der Waals surface area contributed by atoms with E-state index in [1.54, 1.807) is 0 Å². The van der Waals surface area contributed by atoms with Crippen LogP contribution in [-0.4, -0.2) is 48.8 Å². The summed E-state index contributed by atoms with van der Waals surface area (Å²) >= 11 is 0. The topological polar surface area (TPSA) is 40.6 Å². The molecule has 1 saturated carbocycles. The van der Waals surface area contributed by atoms with E-state index >= 15 is 0 Å². The Morgan fingerprint density at radius 1 is 0.773 bits per heavy atom. The van der Waals surface area contributed by atoms with Crippen LogP contribution in [0.3, 0.4) is 0 Å². The van der Waals surface area contributed by atoms with Gasteiger partial charge in [0, 0.05) is 39.0 Å². The number of carbonyl (C=O) groups excluding carboxylic acids is 2. The van der Waals surface area contributed by atoms with Crippen molar-refractivity contribution in [1.29, 1.82) is 0 Å². The predicted octanol–water partition coefficient (Wildman–Crippen LogP) is 3.31. The fraction of sp³-hybridized carbons (Fsp3) is 0.889. The maximum absolute atomic E-state index is 12.4. The van der Waals surface area contributed by atoms with Crippen molar-refractivity contribution in [3.63, 3.8) is 0 Å². The summed E-state index contributed by atoms with van der Waals surface area (Å²) in [5.41, 5.74) is 0. The van der Waals surface area contributed by atoms with E-state index in [4.69, 9.17) is 0 Å². The van der Waals surface area contributed by atoms with Crippen LogP contribution in [0.25, 0.3) is 0 Å². The Morgan fingerprint density at radius 3 is 1.36 bits per heavy atom. The molecule has 22 heavy (non-hydrogen) atoms. The van der Waals surface area contributed by atoms with Gasteiger partial charge in [-0.3, -0.25) is 9.59 Å². The van der Waals surface area contributed by atoms with Crippen LogP contribution in [0.15, 0.2) is 0 Å². The second kappa shape index (κ2) is 9.86. The lowest BCUT2D eigenvalue weighted by atomic mass is 9.80. The van der Waals surface area contributed by atoms with Gasteiger partial charge in [0.1, 0.15) is 0 Å². The van der Waals surface area contributed by atoms with E-state index in [-0.39, 0.29) is 23.7 Å². The third-order valence-electron chi connectivity index (χ3n) is 4.87. The van der Waals surface area contributed by atoms with Crippen molar-refractivity contribution in [3.05, 3.63) is 0 Å². The molecule has 0 radical (unpaired) electrons. The predicted molar refractivity (Wildman–Crippen MR) is 90.5 cm³/mol. The smallest absolute Gasteiger partial charge is 0.225 e. The molecule has 1 aliphatic carbocycles. The molecule has 0 saturated heterocycles. The zero-order valence-corrected chi connectivity index (χ0v) is 14.9. The highest BCUT2D eigenvalue weighted by molar-refractivity contribution is 5.81. The molecule has 4 nitrogen and oxygen atoms in total. The van der Waals surface area contributed by atoms with E-state index < -0.39 is 0 Å². The summed E-state index contributed by atoms with van der Waals surface area (Å²) in [6, 6.07) is 0. The van der Waals surface area contributed by atoms with Crippen molar-refractivity contribution in [2.45, 2.75) is 65.2 Å². The maximum Gasteiger partial charge on any atom is 0.225 e. The second-order valence-corrected chi connectivity index (χ2v) is 6.78. The van der Waals surface area contributed by atoms with Crippen molar-refractivity contribution < 1.29 is 9.59 Å². The first-order valence-corrected chi connectivity index (χ1v) is 9.01. The Hall–Kier alpha value is -1.06. The number of amides is 2. The Kier molecular flexibility index (Phi) is 8.51. The normalized spacial score (nSPS) is 21.5. The summed E-state index contributed by atoms with van der Waals surface area (Å²) in [6.07, 6.45) is 7.84. The summed E-state index contributed by atoms with van der Waals surface area (Å²) in [7, 11) is 3.82. The van der Waals surface area contributed by atoms with Gasteiger partial charge in [-0.1, -0.05) is 26.7 Å². The van der Waals surface area contributed by atoms with E-state index in [1.807, 2.05) is 23.9 Å². The molecule has 0 bridgehead atoms. The first kappa shape index (κ1) is 19.0. The minimum atomic E-state index is 0.131. The second-order valence-electron chi connectivity index (χ2n) is 6.78. The number of hydrogen-bond acceptors (Lipinski definition) is 2. The summed E-state index contributed by atoms with van der Waals surface area (Å²) in [5, 5.41) is 0. The molecule has 0 heterocycles. The quantitative estimate of drug-likeness (QED) is 0.690. The number of unbranched alkanes of at least 4 members (excludes halogenated alkanes) is 2. The van der Waals surface area contributed by atoms with E-state index in [2.05, 4.69) is 13.8 Å². The number of rotatable bonds is 8. The van der Waals surface area contributed by atoms with Gasteiger partial charge >= 0.3 is 0 Å². The van der Waals surface area contributed by atoms with Gasteiger partial charge in [-0.15, -0.1) is 0 Å². The van der Waals surface area contributed by atoms with E-state index in [9.17, 15) is 9.59 Å². The van der Waals surface area contributed by atoms with Gasteiger partial charge in [0.2, 0.25) is 11.8 Å². The fourth-order valence-electron chi connectivity index (χ4n) is 3.22. The van der Waals surface area contributed by atoms with Crippen LogP contribution in [0.5, 0.6) is 0 Å². The zero-order chi connectivity index (χ0) is 16.5. The highest BCUT2D eigenvalue weighted by atomic mass is 16.2. The molecule has 1 aliphatic rings. The summed E-state index contributed by atoms with van der Waals surface area (Å²) in [5.74, 6) is 0.816. The molecule has 0 atom stereocenters. The monoisotopic (exact) mass is 310 g/mol. The highest BCUT2D eigenvalue weighted by Gasteiger charge is 2.32. The Labute approximate surface area is 136 Å². The van der Waals surface area contributed by atoms with Crippen molar-refractivity contribution in [2.24, 2.45) is 11.8 Å². The summed E-state index contributed by atoms with van der Waals surface area (Å²) in [6.45, 7) is 6.00. The van der Waals surface area contributed by atoms with Crippen LogP contribution in [0.1, 0.15) is 65.2 Å². The van der Waals surface area contributed by atoms with Crippen LogP contribution < -0.4 is 0 Å². The molecule has 128 valence electrons. The van der Waals surface area contributed by atoms with Crippen LogP contribution in [0.2, 0.25) is 0 Å². The van der Waals surface area contributed by atoms with Crippen LogP contribution >= 0.6 is 0 Å². The molecule has 0 aromatic heterocycles. The van der Waals surface area contributed by atoms with Gasteiger partial charge in [0.05, 0.1) is 0 Å². The standard InChI is InChI=1S/C18H34N2O2/c1-5-7-13-19(3)17(21)15-9-11-16(12-10-15)18(22)20(4)14-8-6-2/h15-16H,5-14H2,1-4H3. The molecule has 0 aliphatic heterocycles. The van der Waals surface area contributed by atoms with Gasteiger partial charge in [-0.05, 0) is 38.5 Å². The highest BCUT2D eigenvalue weighted by Crippen LogP contribution is 2.31. The molecular formula is C18H34N2O2. The Morgan fingerprint density at radius 2 is 1.09 bits per heavy atom. The molecule has 0 aromatic rings. The van der Waals surface area contributed by atoms with Gasteiger partial charge in [0.25, 0.3) is 0 Å². The lowest BCUT2D eigenvalue weighted by Gasteiger charge is -2.32. The average Bonchev–Trinajstić information content (AvgIpc) is 2.56. The van der Waals surface area contributed by atoms with Crippen molar-refractivity contribution in [1.82, 2.24) is 9.80 Å². The lowest BCUT2D eigenvalue weighted by Crippen LogP contribution is -2.39. The van der Waals surface area contributed by atoms with Crippen LogP contribution in [0, 0.1) is 11.8 Å². The minimum absolute atomic E-state index is 0.131. The Balaban J connectivity index is 2.39. The van der Waals surface area contributed by atoms with Crippen LogP contribution in [0.4, 0.5) is 0 Å². The van der Waals surface area contributed by atoms with E-state index in [0.717, 1.165) is 64.5 Å². The van der Waals surface area contributed by atoms with Gasteiger partial charge < -0.3 is 9.80 Å². The molecular weight excluding hydrogens is 276 g/mol. The first-order valence-electron chi connectivity index (χ1n) is 9.01. The van der Waals surface area contributed by atoms with Gasteiger partial charge in [0.15, 0.2) is 0 Å². The van der Waals surface area contributed by atoms with Gasteiger partial charge in [-0.2, -0.15) is 0 Å². The van der Waals surface area contributed by atoms with Crippen molar-refractivity contribution in [3.8, 4) is 0 Å². The van der Waals surface area contributed by atoms with E-state index in [1.165, 1.54) is 0 Å². The minimum Gasteiger partial charge on any atom is -0.346 e. The van der Waals surface area contributed by atoms with Gasteiger partial charge in [-0.25, -0.2) is 0 Å². The van der Waals surface area contributed by atoms with Crippen molar-refractivity contribution >= 4 is 11.8 Å². The molecule has 0 unspecified atom stereocenters. The molecule has 0 N–H and O–H groups in total. The Bertz CT molecular complexity index is 315. The maximum atomic E-state index is 12.4. The zero-order valence-electron chi connectivity index (χ0n) is 14.9. The molecule has 4 heteroatoms. The lowest BCUT2D eigenvalue weighted by molar-refractivity contribution is -0.140. The first-order chi connectivity index (χ1) is 10.5. The molecule has 2 amide bonds. The third-order valence-corrected chi connectivity index (χ3v) is 4.87. The third kappa shape index (κ3) is 5.62. The summed E-state index contributed by atoms with van der Waals surface area (Å²) < 4.78 is 0. The number of carbonyl (C=O) groups is 2. The van der Waals surface area contributed by atoms with Crippen LogP contribution in [-0.2, 0) is 9.59 Å². The largest absolute Gasteiger partial charge is 0.346 e. The number of hydrogen-bond donors (Lipinski definition) is 0. The number of nitrogens with zero attached hydrogens (tertiary/aromatic N) is 2. The molecule has 0 spiro atoms. The summed E-state index contributed by atoms with van der Waals surface area (Å²) in [4.78, 5) is 28.5. The van der Waals surface area contributed by atoms with Crippen molar-refractivity contribution in [2.75, 3.05) is 27.2 Å². The molecule has 0 aromatic carbocycles. The molecule has 1 fully saturated rings. The fourth-order valence-corrected chi connectivity index (χ4v) is 3.22. The SMILES string of the molecule is CCCCN(C)C(=O)C1CCC(C(=O)N(C)CCCC)CC1. The van der Waals surface area contributed by atoms with E-state index in [0.29, 0.717) is 0 Å².